The number of halogens is 6. The predicted molar refractivity (Wildman–Crippen MR) is 60.4 cm³/mol. The van der Waals surface area contributed by atoms with E-state index >= 15 is 0 Å². The number of nitrogens with one attached hydrogen (secondary N) is 1. The molecule has 0 heterocycles. The maximum Gasteiger partial charge on any atom is 0.434 e. The summed E-state index contributed by atoms with van der Waals surface area (Å²) in [4.78, 5) is 0. The Morgan fingerprint density at radius 1 is 1.05 bits per heavy atom. The zero-order valence-electron chi connectivity index (χ0n) is 10.6. The van der Waals surface area contributed by atoms with Crippen LogP contribution in [-0.4, -0.2) is 25.5 Å². The van der Waals surface area contributed by atoms with E-state index in [9.17, 15) is 26.3 Å². The van der Waals surface area contributed by atoms with E-state index < -0.39 is 24.2 Å². The van der Waals surface area contributed by atoms with Crippen LogP contribution in [0, 0.1) is 0 Å². The van der Waals surface area contributed by atoms with Crippen molar-refractivity contribution in [2.24, 2.45) is 0 Å². The fourth-order valence-corrected chi connectivity index (χ4v) is 1.48. The van der Waals surface area contributed by atoms with Gasteiger partial charge in [-0.3, -0.25) is 0 Å². The second kappa shape index (κ2) is 5.90. The molecule has 0 aliphatic carbocycles. The minimum atomic E-state index is -5.52. The highest BCUT2D eigenvalue weighted by Gasteiger charge is 2.59. The second-order valence-corrected chi connectivity index (χ2v) is 4.16. The topological polar surface area (TPSA) is 21.3 Å². The van der Waals surface area contributed by atoms with Crippen molar-refractivity contribution in [1.82, 2.24) is 5.32 Å². The summed E-state index contributed by atoms with van der Waals surface area (Å²) in [5, 5.41) is 2.82. The summed E-state index contributed by atoms with van der Waals surface area (Å²) in [5.41, 5.74) is 0.521. The van der Waals surface area contributed by atoms with E-state index in [1.165, 1.54) is 6.07 Å². The molecule has 8 heteroatoms. The largest absolute Gasteiger partial charge is 0.471 e. The third-order valence-electron chi connectivity index (χ3n) is 2.64. The summed E-state index contributed by atoms with van der Waals surface area (Å²) in [7, 11) is 1.62. The number of alkyl halides is 6. The molecule has 20 heavy (non-hydrogen) atoms. The molecular formula is C12H13F6NO. The van der Waals surface area contributed by atoms with Gasteiger partial charge in [-0.05, 0) is 31.7 Å². The van der Waals surface area contributed by atoms with Crippen molar-refractivity contribution < 1.29 is 31.1 Å². The van der Waals surface area contributed by atoms with Gasteiger partial charge in [-0.2, -0.15) is 26.3 Å². The van der Waals surface area contributed by atoms with E-state index in [4.69, 9.17) is 0 Å². The van der Waals surface area contributed by atoms with Gasteiger partial charge in [-0.15, -0.1) is 0 Å². The third-order valence-corrected chi connectivity index (χ3v) is 2.64. The van der Waals surface area contributed by atoms with Crippen LogP contribution in [-0.2, 0) is 0 Å². The number of hydrogen-bond acceptors (Lipinski definition) is 2. The molecule has 0 bridgehead atoms. The van der Waals surface area contributed by atoms with Crippen LogP contribution < -0.4 is 10.1 Å². The minimum Gasteiger partial charge on any atom is -0.471 e. The Hall–Kier alpha value is -1.44. The maximum absolute atomic E-state index is 12.4. The lowest BCUT2D eigenvalue weighted by Gasteiger charge is -2.24. The van der Waals surface area contributed by atoms with Gasteiger partial charge in [0, 0.05) is 6.04 Å². The average Bonchev–Trinajstić information content (AvgIpc) is 2.32. The SMILES string of the molecule is CNC(C)c1cccc(OC(C(F)(F)F)C(F)(F)F)c1. The van der Waals surface area contributed by atoms with Crippen molar-refractivity contribution in [1.29, 1.82) is 0 Å². The van der Waals surface area contributed by atoms with Gasteiger partial charge in [0.05, 0.1) is 0 Å². The molecule has 0 aliphatic heterocycles. The standard InChI is InChI=1S/C12H13F6NO/c1-7(19-2)8-4-3-5-9(6-8)20-10(11(13,14)15)12(16,17)18/h3-7,10,19H,1-2H3. The quantitative estimate of drug-likeness (QED) is 0.853. The average molecular weight is 301 g/mol. The van der Waals surface area contributed by atoms with Gasteiger partial charge in [0.2, 0.25) is 0 Å². The lowest BCUT2D eigenvalue weighted by molar-refractivity contribution is -0.299. The van der Waals surface area contributed by atoms with Gasteiger partial charge in [0.1, 0.15) is 5.75 Å². The zero-order valence-corrected chi connectivity index (χ0v) is 10.6. The molecule has 0 radical (unpaired) electrons. The summed E-state index contributed by atoms with van der Waals surface area (Å²) >= 11 is 0. The van der Waals surface area contributed by atoms with Crippen LogP contribution in [0.5, 0.6) is 5.75 Å². The molecule has 0 aromatic heterocycles. The summed E-state index contributed by atoms with van der Waals surface area (Å²) in [6.07, 6.45) is -14.9. The summed E-state index contributed by atoms with van der Waals surface area (Å²) in [6, 6.07) is 4.88. The lowest BCUT2D eigenvalue weighted by atomic mass is 10.1. The molecule has 0 saturated heterocycles. The Balaban J connectivity index is 3.01. The summed E-state index contributed by atoms with van der Waals surface area (Å²) < 4.78 is 78.3. The van der Waals surface area contributed by atoms with Gasteiger partial charge in [0.25, 0.3) is 6.10 Å². The van der Waals surface area contributed by atoms with Crippen LogP contribution >= 0.6 is 0 Å². The number of hydrogen-bond donors (Lipinski definition) is 1. The van der Waals surface area contributed by atoms with E-state index in [-0.39, 0.29) is 6.04 Å². The number of rotatable bonds is 4. The highest BCUT2D eigenvalue weighted by atomic mass is 19.4. The van der Waals surface area contributed by atoms with Crippen LogP contribution in [0.3, 0.4) is 0 Å². The molecule has 0 aliphatic rings. The van der Waals surface area contributed by atoms with E-state index in [1.807, 2.05) is 0 Å². The molecule has 1 N–H and O–H groups in total. The normalized spacial score (nSPS) is 14.4. The van der Waals surface area contributed by atoms with Gasteiger partial charge >= 0.3 is 12.4 Å². The molecule has 0 spiro atoms. The van der Waals surface area contributed by atoms with Gasteiger partial charge in [0.15, 0.2) is 0 Å². The first kappa shape index (κ1) is 16.6. The summed E-state index contributed by atoms with van der Waals surface area (Å²) in [6.45, 7) is 1.71. The first-order chi connectivity index (χ1) is 9.05. The second-order valence-electron chi connectivity index (χ2n) is 4.16. The Bertz CT molecular complexity index is 428. The first-order valence-electron chi connectivity index (χ1n) is 5.63. The molecule has 1 aromatic carbocycles. The van der Waals surface area contributed by atoms with E-state index in [0.717, 1.165) is 12.1 Å². The van der Waals surface area contributed by atoms with E-state index in [2.05, 4.69) is 10.1 Å². The van der Waals surface area contributed by atoms with Gasteiger partial charge < -0.3 is 10.1 Å². The van der Waals surface area contributed by atoms with Crippen LogP contribution in [0.2, 0.25) is 0 Å². The zero-order chi connectivity index (χ0) is 15.6. The van der Waals surface area contributed by atoms with Crippen LogP contribution in [0.4, 0.5) is 26.3 Å². The Morgan fingerprint density at radius 2 is 1.60 bits per heavy atom. The third kappa shape index (κ3) is 4.29. The van der Waals surface area contributed by atoms with E-state index in [1.54, 1.807) is 20.0 Å². The lowest BCUT2D eigenvalue weighted by Crippen LogP contribution is -2.46. The molecule has 114 valence electrons. The molecule has 1 atom stereocenters. The Kier molecular flexibility index (Phi) is 4.90. The maximum atomic E-state index is 12.4. The molecule has 1 aromatic rings. The molecule has 0 fully saturated rings. The van der Waals surface area contributed by atoms with Crippen molar-refractivity contribution >= 4 is 0 Å². The predicted octanol–water partition coefficient (Wildman–Crippen LogP) is 3.84. The smallest absolute Gasteiger partial charge is 0.434 e. The van der Waals surface area contributed by atoms with Crippen LogP contribution in [0.1, 0.15) is 18.5 Å². The Labute approximate surface area is 111 Å². The fraction of sp³-hybridized carbons (Fsp3) is 0.500. The molecule has 1 unspecified atom stereocenters. The van der Waals surface area contributed by atoms with E-state index in [0.29, 0.717) is 5.56 Å². The van der Waals surface area contributed by atoms with Crippen molar-refractivity contribution in [3.8, 4) is 5.75 Å². The summed E-state index contributed by atoms with van der Waals surface area (Å²) in [5.74, 6) is -0.482. The highest BCUT2D eigenvalue weighted by Crippen LogP contribution is 2.36. The first-order valence-corrected chi connectivity index (χ1v) is 5.63. The monoisotopic (exact) mass is 301 g/mol. The van der Waals surface area contributed by atoms with Crippen molar-refractivity contribution in [3.63, 3.8) is 0 Å². The Morgan fingerprint density at radius 3 is 2.05 bits per heavy atom. The molecule has 0 amide bonds. The van der Waals surface area contributed by atoms with Crippen molar-refractivity contribution in [3.05, 3.63) is 29.8 Å². The number of benzene rings is 1. The fourth-order valence-electron chi connectivity index (χ4n) is 1.48. The molecular weight excluding hydrogens is 288 g/mol. The van der Waals surface area contributed by atoms with Gasteiger partial charge in [-0.1, -0.05) is 12.1 Å². The van der Waals surface area contributed by atoms with Crippen molar-refractivity contribution in [2.75, 3.05) is 7.05 Å². The minimum absolute atomic E-state index is 0.228. The number of ether oxygens (including phenoxy) is 1. The molecule has 0 saturated carbocycles. The molecule has 2 nitrogen and oxygen atoms in total. The molecule has 1 rings (SSSR count). The highest BCUT2D eigenvalue weighted by molar-refractivity contribution is 5.30. The van der Waals surface area contributed by atoms with Crippen molar-refractivity contribution in [2.45, 2.75) is 31.4 Å². The van der Waals surface area contributed by atoms with Gasteiger partial charge in [-0.25, -0.2) is 0 Å². The van der Waals surface area contributed by atoms with Crippen LogP contribution in [0.25, 0.3) is 0 Å². The van der Waals surface area contributed by atoms with Crippen LogP contribution in [0.15, 0.2) is 24.3 Å².